The topological polar surface area (TPSA) is 46.6 Å². The fourth-order valence-electron chi connectivity index (χ4n) is 1.52. The summed E-state index contributed by atoms with van der Waals surface area (Å²) >= 11 is 0. The molecule has 0 saturated carbocycles. The Labute approximate surface area is 114 Å². The molecule has 0 unspecified atom stereocenters. The highest BCUT2D eigenvalue weighted by molar-refractivity contribution is 5.98. The summed E-state index contributed by atoms with van der Waals surface area (Å²) in [6, 6.07) is 8.94. The van der Waals surface area contributed by atoms with E-state index in [1.807, 2.05) is 13.0 Å². The third kappa shape index (κ3) is 5.12. The van der Waals surface area contributed by atoms with Crippen molar-refractivity contribution < 1.29 is 14.3 Å². The van der Waals surface area contributed by atoms with E-state index in [2.05, 4.69) is 0 Å². The monoisotopic (exact) mass is 263 g/mol. The first-order valence-corrected chi connectivity index (χ1v) is 6.39. The van der Waals surface area contributed by atoms with Crippen LogP contribution in [0.5, 0.6) is 0 Å². The maximum absolute atomic E-state index is 12.0. The van der Waals surface area contributed by atoms with Gasteiger partial charge in [-0.3, -0.25) is 4.79 Å². The van der Waals surface area contributed by atoms with Gasteiger partial charge in [-0.25, -0.2) is 4.79 Å². The molecule has 4 heteroatoms. The second-order valence-electron chi connectivity index (χ2n) is 5.28. The number of hydrogen-bond acceptors (Lipinski definition) is 3. The highest BCUT2D eigenvalue weighted by Crippen LogP contribution is 2.10. The molecule has 4 nitrogen and oxygen atoms in total. The first-order valence-electron chi connectivity index (χ1n) is 6.39. The number of benzene rings is 1. The predicted octanol–water partition coefficient (Wildman–Crippen LogP) is 3.13. The molecule has 0 spiro atoms. The first-order chi connectivity index (χ1) is 8.83. The molecule has 0 aromatic heterocycles. The summed E-state index contributed by atoms with van der Waals surface area (Å²) in [6.45, 7) is 7.71. The lowest BCUT2D eigenvalue weighted by Gasteiger charge is -2.26. The molecule has 19 heavy (non-hydrogen) atoms. The van der Waals surface area contributed by atoms with Gasteiger partial charge in [0.25, 0.3) is 0 Å². The summed E-state index contributed by atoms with van der Waals surface area (Å²) in [6.07, 6.45) is -0.459. The Morgan fingerprint density at radius 2 is 1.74 bits per heavy atom. The maximum Gasteiger partial charge on any atom is 0.410 e. The fourth-order valence-corrected chi connectivity index (χ4v) is 1.52. The molecule has 0 aliphatic carbocycles. The highest BCUT2D eigenvalue weighted by Gasteiger charge is 2.23. The summed E-state index contributed by atoms with van der Waals surface area (Å²) in [7, 11) is 0. The van der Waals surface area contributed by atoms with Crippen molar-refractivity contribution in [2.24, 2.45) is 0 Å². The summed E-state index contributed by atoms with van der Waals surface area (Å²) in [4.78, 5) is 25.3. The standard InChI is InChI=1S/C15H21NO3/c1-5-16(14(18)19-15(2,3)4)11-13(17)12-9-7-6-8-10-12/h6-10H,5,11H2,1-4H3. The van der Waals surface area contributed by atoms with Crippen molar-refractivity contribution in [1.29, 1.82) is 0 Å². The minimum Gasteiger partial charge on any atom is -0.444 e. The number of nitrogens with zero attached hydrogens (tertiary/aromatic N) is 1. The van der Waals surface area contributed by atoms with Crippen LogP contribution in [0.25, 0.3) is 0 Å². The Morgan fingerprint density at radius 1 is 1.16 bits per heavy atom. The summed E-state index contributed by atoms with van der Waals surface area (Å²) in [5, 5.41) is 0. The van der Waals surface area contributed by atoms with Gasteiger partial charge in [-0.15, -0.1) is 0 Å². The number of carbonyl (C=O) groups excluding carboxylic acids is 2. The van der Waals surface area contributed by atoms with Crippen molar-refractivity contribution >= 4 is 11.9 Å². The third-order valence-electron chi connectivity index (χ3n) is 2.46. The number of hydrogen-bond donors (Lipinski definition) is 0. The van der Waals surface area contributed by atoms with Crippen molar-refractivity contribution in [3.63, 3.8) is 0 Å². The first kappa shape index (κ1) is 15.2. The molecule has 104 valence electrons. The van der Waals surface area contributed by atoms with Crippen molar-refractivity contribution in [3.8, 4) is 0 Å². The lowest BCUT2D eigenvalue weighted by Crippen LogP contribution is -2.39. The Hall–Kier alpha value is -1.84. The van der Waals surface area contributed by atoms with Gasteiger partial charge >= 0.3 is 6.09 Å². The second-order valence-corrected chi connectivity index (χ2v) is 5.28. The Balaban J connectivity index is 2.67. The van der Waals surface area contributed by atoms with Crippen molar-refractivity contribution in [2.45, 2.75) is 33.3 Å². The van der Waals surface area contributed by atoms with E-state index in [1.165, 1.54) is 4.90 Å². The maximum atomic E-state index is 12.0. The zero-order valence-electron chi connectivity index (χ0n) is 12.0. The quantitative estimate of drug-likeness (QED) is 0.784. The van der Waals surface area contributed by atoms with Crippen LogP contribution < -0.4 is 0 Å². The van der Waals surface area contributed by atoms with Crippen molar-refractivity contribution in [1.82, 2.24) is 4.90 Å². The molecule has 0 bridgehead atoms. The van der Waals surface area contributed by atoms with Gasteiger partial charge in [-0.2, -0.15) is 0 Å². The smallest absolute Gasteiger partial charge is 0.410 e. The number of ether oxygens (including phenoxy) is 1. The van der Waals surface area contributed by atoms with Gasteiger partial charge in [-0.1, -0.05) is 30.3 Å². The third-order valence-corrected chi connectivity index (χ3v) is 2.46. The highest BCUT2D eigenvalue weighted by atomic mass is 16.6. The van der Waals surface area contributed by atoms with Crippen LogP contribution in [0.3, 0.4) is 0 Å². The number of likely N-dealkylation sites (N-methyl/N-ethyl adjacent to an activating group) is 1. The van der Waals surface area contributed by atoms with Gasteiger partial charge in [0.2, 0.25) is 0 Å². The molecule has 0 N–H and O–H groups in total. The van der Waals surface area contributed by atoms with E-state index in [0.29, 0.717) is 12.1 Å². The van der Waals surface area contributed by atoms with E-state index in [1.54, 1.807) is 45.0 Å². The minimum atomic E-state index is -0.555. The Morgan fingerprint density at radius 3 is 2.21 bits per heavy atom. The molecule has 0 fully saturated rings. The number of carbonyl (C=O) groups is 2. The molecule has 1 rings (SSSR count). The van der Waals surface area contributed by atoms with Gasteiger partial charge in [0.1, 0.15) is 5.60 Å². The van der Waals surface area contributed by atoms with E-state index in [4.69, 9.17) is 4.74 Å². The van der Waals surface area contributed by atoms with Crippen LogP contribution in [0.2, 0.25) is 0 Å². The van der Waals surface area contributed by atoms with E-state index < -0.39 is 11.7 Å². The molecular weight excluding hydrogens is 242 g/mol. The summed E-state index contributed by atoms with van der Waals surface area (Å²) in [5.74, 6) is -0.0895. The van der Waals surface area contributed by atoms with E-state index in [-0.39, 0.29) is 12.3 Å². The van der Waals surface area contributed by atoms with E-state index >= 15 is 0 Å². The number of amides is 1. The molecule has 0 saturated heterocycles. The van der Waals surface area contributed by atoms with Gasteiger partial charge in [0.05, 0.1) is 6.54 Å². The fraction of sp³-hybridized carbons (Fsp3) is 0.467. The zero-order valence-corrected chi connectivity index (χ0v) is 12.0. The van der Waals surface area contributed by atoms with Crippen LogP contribution in [-0.4, -0.2) is 35.5 Å². The SMILES string of the molecule is CCN(CC(=O)c1ccccc1)C(=O)OC(C)(C)C. The zero-order chi connectivity index (χ0) is 14.5. The van der Waals surface area contributed by atoms with Crippen LogP contribution in [-0.2, 0) is 4.74 Å². The summed E-state index contributed by atoms with van der Waals surface area (Å²) in [5.41, 5.74) is 0.0461. The minimum absolute atomic E-state index is 0.0371. The van der Waals surface area contributed by atoms with Gasteiger partial charge in [0.15, 0.2) is 5.78 Å². The van der Waals surface area contributed by atoms with Gasteiger partial charge in [0, 0.05) is 12.1 Å². The molecule has 1 aromatic rings. The van der Waals surface area contributed by atoms with Gasteiger partial charge in [-0.05, 0) is 27.7 Å². The second kappa shape index (κ2) is 6.36. The van der Waals surface area contributed by atoms with Crippen LogP contribution in [0.4, 0.5) is 4.79 Å². The average Bonchev–Trinajstić information content (AvgIpc) is 2.34. The summed E-state index contributed by atoms with van der Waals surface area (Å²) < 4.78 is 5.26. The largest absolute Gasteiger partial charge is 0.444 e. The lowest BCUT2D eigenvalue weighted by molar-refractivity contribution is 0.0257. The average molecular weight is 263 g/mol. The lowest BCUT2D eigenvalue weighted by atomic mass is 10.1. The van der Waals surface area contributed by atoms with Crippen molar-refractivity contribution in [2.75, 3.05) is 13.1 Å². The molecule has 0 heterocycles. The van der Waals surface area contributed by atoms with Gasteiger partial charge < -0.3 is 9.64 Å². The normalized spacial score (nSPS) is 10.9. The molecule has 0 aliphatic heterocycles. The predicted molar refractivity (Wildman–Crippen MR) is 74.3 cm³/mol. The van der Waals surface area contributed by atoms with E-state index in [9.17, 15) is 9.59 Å². The number of Topliss-reactive ketones (excluding diaryl/α,β-unsaturated/α-hetero) is 1. The Kier molecular flexibility index (Phi) is 5.10. The van der Waals surface area contributed by atoms with Crippen LogP contribution in [0.1, 0.15) is 38.1 Å². The molecule has 0 radical (unpaired) electrons. The molecule has 0 aliphatic rings. The molecule has 1 amide bonds. The molecule has 1 aromatic carbocycles. The number of ketones is 1. The van der Waals surface area contributed by atoms with Crippen LogP contribution in [0.15, 0.2) is 30.3 Å². The number of rotatable bonds is 4. The molecular formula is C15H21NO3. The van der Waals surface area contributed by atoms with E-state index in [0.717, 1.165) is 0 Å². The van der Waals surface area contributed by atoms with Crippen LogP contribution in [0, 0.1) is 0 Å². The van der Waals surface area contributed by atoms with Crippen molar-refractivity contribution in [3.05, 3.63) is 35.9 Å². The van der Waals surface area contributed by atoms with Crippen LogP contribution >= 0.6 is 0 Å². The Bertz CT molecular complexity index is 434. The molecule has 0 atom stereocenters.